The highest BCUT2D eigenvalue weighted by Gasteiger charge is 2.18. The third kappa shape index (κ3) is 6.62. The molecule has 30 heavy (non-hydrogen) atoms. The number of rotatable bonds is 9. The van der Waals surface area contributed by atoms with Gasteiger partial charge in [0.1, 0.15) is 5.75 Å². The fourth-order valence-electron chi connectivity index (χ4n) is 2.71. The Kier molecular flexibility index (Phi) is 8.41. The van der Waals surface area contributed by atoms with Crippen LogP contribution in [0.15, 0.2) is 48.5 Å². The summed E-state index contributed by atoms with van der Waals surface area (Å²) in [5, 5.41) is 5.36. The molecular weight excluding hydrogens is 384 g/mol. The van der Waals surface area contributed by atoms with Crippen molar-refractivity contribution in [2.24, 2.45) is 0 Å². The average Bonchev–Trinajstić information content (AvgIpc) is 2.73. The van der Waals surface area contributed by atoms with Crippen LogP contribution >= 0.6 is 0 Å². The van der Waals surface area contributed by atoms with Gasteiger partial charge in [-0.25, -0.2) is 0 Å². The molecule has 160 valence electrons. The quantitative estimate of drug-likeness (QED) is 0.615. The van der Waals surface area contributed by atoms with Crippen molar-refractivity contribution in [2.45, 2.75) is 39.2 Å². The van der Waals surface area contributed by atoms with Gasteiger partial charge in [-0.15, -0.1) is 0 Å². The number of anilines is 1. The van der Waals surface area contributed by atoms with E-state index in [1.165, 1.54) is 19.6 Å². The Morgan fingerprint density at radius 1 is 0.967 bits per heavy atom. The van der Waals surface area contributed by atoms with Crippen molar-refractivity contribution < 1.29 is 23.9 Å². The van der Waals surface area contributed by atoms with Crippen LogP contribution < -0.4 is 15.4 Å². The fraction of sp³-hybridized carbons (Fsp3) is 0.348. The van der Waals surface area contributed by atoms with Crippen molar-refractivity contribution in [1.82, 2.24) is 5.32 Å². The van der Waals surface area contributed by atoms with E-state index in [1.807, 2.05) is 24.3 Å². The molecule has 0 unspecified atom stereocenters. The number of hydrogen-bond acceptors (Lipinski definition) is 5. The van der Waals surface area contributed by atoms with E-state index in [0.717, 1.165) is 0 Å². The van der Waals surface area contributed by atoms with Gasteiger partial charge in [-0.3, -0.25) is 14.4 Å². The van der Waals surface area contributed by atoms with Gasteiger partial charge in [0.15, 0.2) is 6.10 Å². The molecule has 0 radical (unpaired) electrons. The number of amides is 2. The van der Waals surface area contributed by atoms with Crippen LogP contribution in [0.2, 0.25) is 0 Å². The third-order valence-corrected chi connectivity index (χ3v) is 4.49. The monoisotopic (exact) mass is 412 g/mol. The number of methoxy groups -OCH3 is 1. The number of nitrogens with one attached hydrogen (secondary N) is 2. The van der Waals surface area contributed by atoms with Crippen molar-refractivity contribution >= 4 is 23.5 Å². The summed E-state index contributed by atoms with van der Waals surface area (Å²) in [6.45, 7) is 5.77. The smallest absolute Gasteiger partial charge is 0.308 e. The van der Waals surface area contributed by atoms with E-state index in [2.05, 4.69) is 24.5 Å². The summed E-state index contributed by atoms with van der Waals surface area (Å²) in [5.41, 5.74) is 2.18. The molecule has 0 fully saturated rings. The summed E-state index contributed by atoms with van der Waals surface area (Å²) in [5.74, 6) is -0.495. The predicted molar refractivity (Wildman–Crippen MR) is 115 cm³/mol. The first-order valence-electron chi connectivity index (χ1n) is 9.83. The molecule has 1 atom stereocenters. The SMILES string of the molecule is COc1ccccc1C(=O)NCCC(=O)O[C@@H](C)C(=O)Nc1ccc(C(C)C)cc1. The van der Waals surface area contributed by atoms with Crippen LogP contribution in [0.4, 0.5) is 5.69 Å². The molecule has 0 aromatic heterocycles. The molecule has 0 spiro atoms. The van der Waals surface area contributed by atoms with Gasteiger partial charge in [0.05, 0.1) is 19.1 Å². The number of carbonyl (C=O) groups excluding carboxylic acids is 3. The Bertz CT molecular complexity index is 877. The summed E-state index contributed by atoms with van der Waals surface area (Å²) in [7, 11) is 1.48. The van der Waals surface area contributed by atoms with Crippen LogP contribution in [-0.4, -0.2) is 37.5 Å². The molecule has 7 heteroatoms. The largest absolute Gasteiger partial charge is 0.496 e. The zero-order valence-corrected chi connectivity index (χ0v) is 17.7. The van der Waals surface area contributed by atoms with Gasteiger partial charge in [-0.2, -0.15) is 0 Å². The topological polar surface area (TPSA) is 93.7 Å². The molecule has 2 rings (SSSR count). The average molecular weight is 412 g/mol. The molecule has 0 bridgehead atoms. The number of esters is 1. The van der Waals surface area contributed by atoms with E-state index in [-0.39, 0.29) is 18.9 Å². The molecule has 2 amide bonds. The number of para-hydroxylation sites is 1. The maximum atomic E-state index is 12.2. The first-order valence-corrected chi connectivity index (χ1v) is 9.83. The van der Waals surface area contributed by atoms with Gasteiger partial charge < -0.3 is 20.1 Å². The summed E-state index contributed by atoms with van der Waals surface area (Å²) in [6, 6.07) is 14.3. The lowest BCUT2D eigenvalue weighted by Crippen LogP contribution is -2.32. The minimum atomic E-state index is -0.952. The molecule has 0 aliphatic heterocycles. The molecule has 2 aromatic carbocycles. The summed E-state index contributed by atoms with van der Waals surface area (Å²) < 4.78 is 10.3. The van der Waals surface area contributed by atoms with Crippen LogP contribution in [0.25, 0.3) is 0 Å². The van der Waals surface area contributed by atoms with Crippen molar-refractivity contribution in [1.29, 1.82) is 0 Å². The Morgan fingerprint density at radius 2 is 1.63 bits per heavy atom. The Balaban J connectivity index is 1.77. The third-order valence-electron chi connectivity index (χ3n) is 4.49. The van der Waals surface area contributed by atoms with Crippen LogP contribution in [-0.2, 0) is 14.3 Å². The maximum absolute atomic E-state index is 12.2. The van der Waals surface area contributed by atoms with Gasteiger partial charge >= 0.3 is 5.97 Å². The summed E-state index contributed by atoms with van der Waals surface area (Å²) in [4.78, 5) is 36.4. The predicted octanol–water partition coefficient (Wildman–Crippen LogP) is 3.51. The van der Waals surface area contributed by atoms with Gasteiger partial charge in [0.2, 0.25) is 0 Å². The first-order chi connectivity index (χ1) is 14.3. The highest BCUT2D eigenvalue weighted by Crippen LogP contribution is 2.18. The van der Waals surface area contributed by atoms with Crippen molar-refractivity contribution in [3.05, 3.63) is 59.7 Å². The molecule has 2 aromatic rings. The summed E-state index contributed by atoms with van der Waals surface area (Å²) >= 11 is 0. The van der Waals surface area contributed by atoms with Crippen molar-refractivity contribution in [3.8, 4) is 5.75 Å². The zero-order chi connectivity index (χ0) is 22.1. The highest BCUT2D eigenvalue weighted by molar-refractivity contribution is 5.97. The normalized spacial score (nSPS) is 11.5. The van der Waals surface area contributed by atoms with Crippen LogP contribution in [0.1, 0.15) is 49.0 Å². The zero-order valence-electron chi connectivity index (χ0n) is 17.7. The Morgan fingerprint density at radius 3 is 2.27 bits per heavy atom. The second kappa shape index (κ2) is 11.0. The fourth-order valence-corrected chi connectivity index (χ4v) is 2.71. The lowest BCUT2D eigenvalue weighted by Gasteiger charge is -2.14. The van der Waals surface area contributed by atoms with E-state index >= 15 is 0 Å². The van der Waals surface area contributed by atoms with E-state index in [0.29, 0.717) is 22.9 Å². The van der Waals surface area contributed by atoms with Crippen LogP contribution in [0.3, 0.4) is 0 Å². The Labute approximate surface area is 176 Å². The molecular formula is C23H28N2O5. The van der Waals surface area contributed by atoms with Gasteiger partial charge in [0, 0.05) is 12.2 Å². The maximum Gasteiger partial charge on any atom is 0.308 e. The number of ether oxygens (including phenoxy) is 2. The molecule has 0 heterocycles. The lowest BCUT2D eigenvalue weighted by molar-refractivity contribution is -0.153. The summed E-state index contributed by atoms with van der Waals surface area (Å²) in [6.07, 6.45) is -1.01. The molecule has 0 aliphatic rings. The van der Waals surface area contributed by atoms with E-state index in [4.69, 9.17) is 9.47 Å². The minimum absolute atomic E-state index is 0.0540. The van der Waals surface area contributed by atoms with Crippen molar-refractivity contribution in [2.75, 3.05) is 19.0 Å². The number of benzene rings is 2. The Hall–Kier alpha value is -3.35. The molecule has 2 N–H and O–H groups in total. The van der Waals surface area contributed by atoms with Gasteiger partial charge in [0.25, 0.3) is 11.8 Å². The van der Waals surface area contributed by atoms with E-state index in [9.17, 15) is 14.4 Å². The van der Waals surface area contributed by atoms with Crippen LogP contribution in [0.5, 0.6) is 5.75 Å². The van der Waals surface area contributed by atoms with E-state index < -0.39 is 18.0 Å². The second-order valence-electron chi connectivity index (χ2n) is 7.10. The first kappa shape index (κ1) is 22.9. The minimum Gasteiger partial charge on any atom is -0.496 e. The van der Waals surface area contributed by atoms with Crippen LogP contribution in [0, 0.1) is 0 Å². The second-order valence-corrected chi connectivity index (χ2v) is 7.10. The molecule has 0 aliphatic carbocycles. The molecule has 0 saturated heterocycles. The molecule has 7 nitrogen and oxygen atoms in total. The van der Waals surface area contributed by atoms with Gasteiger partial charge in [-0.05, 0) is 42.7 Å². The number of hydrogen-bond donors (Lipinski definition) is 2. The van der Waals surface area contributed by atoms with Crippen molar-refractivity contribution in [3.63, 3.8) is 0 Å². The molecule has 0 saturated carbocycles. The van der Waals surface area contributed by atoms with Gasteiger partial charge in [-0.1, -0.05) is 38.1 Å². The number of carbonyl (C=O) groups is 3. The highest BCUT2D eigenvalue weighted by atomic mass is 16.5. The lowest BCUT2D eigenvalue weighted by atomic mass is 10.0. The van der Waals surface area contributed by atoms with E-state index in [1.54, 1.807) is 24.3 Å². The standard InChI is InChI=1S/C23H28N2O5/c1-15(2)17-9-11-18(12-10-17)25-22(27)16(3)30-21(26)13-14-24-23(28)19-7-5-6-8-20(19)29-4/h5-12,15-16H,13-14H2,1-4H3,(H,24,28)(H,25,27)/t16-/m0/s1.